The van der Waals surface area contributed by atoms with E-state index in [9.17, 15) is 22.8 Å². The van der Waals surface area contributed by atoms with Crippen molar-refractivity contribution in [1.29, 1.82) is 0 Å². The van der Waals surface area contributed by atoms with Crippen LogP contribution in [0.15, 0.2) is 78.9 Å². The Labute approximate surface area is 211 Å². The van der Waals surface area contributed by atoms with Gasteiger partial charge in [0.15, 0.2) is 5.11 Å². The molecule has 0 fully saturated rings. The molecule has 0 aliphatic carbocycles. The maximum Gasteiger partial charge on any atom is 0.416 e. The van der Waals surface area contributed by atoms with E-state index in [4.69, 9.17) is 17.0 Å². The van der Waals surface area contributed by atoms with Gasteiger partial charge in [-0.25, -0.2) is 0 Å². The van der Waals surface area contributed by atoms with Gasteiger partial charge in [-0.1, -0.05) is 18.2 Å². The number of amides is 2. The second kappa shape index (κ2) is 12.0. The molecular formula is C26H22F3N3O3S. The van der Waals surface area contributed by atoms with Gasteiger partial charge in [-0.15, -0.1) is 0 Å². The standard InChI is InChI=1S/C26H22F3N3O3S/c1-2-35-22-13-6-17(7-14-22)8-15-23(33)32-25(36)31-20-11-9-18(10-12-20)24(34)30-21-5-3-4-19(16-21)26(27,28)29/h3-16H,2H2,1H3,(H,30,34)(H2,31,32,33,36)/b15-8+. The number of alkyl halides is 3. The number of carbonyl (C=O) groups excluding carboxylic acids is 2. The number of anilines is 2. The second-order valence-electron chi connectivity index (χ2n) is 7.39. The van der Waals surface area contributed by atoms with Crippen molar-refractivity contribution >= 4 is 46.6 Å². The molecule has 3 aromatic carbocycles. The van der Waals surface area contributed by atoms with E-state index < -0.39 is 23.6 Å². The summed E-state index contributed by atoms with van der Waals surface area (Å²) in [7, 11) is 0. The first-order valence-electron chi connectivity index (χ1n) is 10.8. The van der Waals surface area contributed by atoms with Gasteiger partial charge in [-0.2, -0.15) is 13.2 Å². The molecular weight excluding hydrogens is 491 g/mol. The van der Waals surface area contributed by atoms with Crippen molar-refractivity contribution in [3.63, 3.8) is 0 Å². The highest BCUT2D eigenvalue weighted by molar-refractivity contribution is 7.80. The van der Waals surface area contributed by atoms with E-state index in [1.54, 1.807) is 30.3 Å². The Morgan fingerprint density at radius 1 is 0.944 bits per heavy atom. The van der Waals surface area contributed by atoms with Crippen LogP contribution in [-0.4, -0.2) is 23.5 Å². The summed E-state index contributed by atoms with van der Waals surface area (Å²) in [6.07, 6.45) is -1.54. The van der Waals surface area contributed by atoms with Crippen molar-refractivity contribution in [2.45, 2.75) is 13.1 Å². The minimum atomic E-state index is -4.51. The van der Waals surface area contributed by atoms with Gasteiger partial charge in [0.05, 0.1) is 12.2 Å². The van der Waals surface area contributed by atoms with Crippen LogP contribution in [0.2, 0.25) is 0 Å². The fourth-order valence-corrected chi connectivity index (χ4v) is 3.23. The minimum absolute atomic E-state index is 0.0270. The summed E-state index contributed by atoms with van der Waals surface area (Å²) in [6, 6.07) is 17.7. The summed E-state index contributed by atoms with van der Waals surface area (Å²) in [6.45, 7) is 2.46. The lowest BCUT2D eigenvalue weighted by Gasteiger charge is -2.11. The first-order chi connectivity index (χ1) is 17.1. The summed E-state index contributed by atoms with van der Waals surface area (Å²) in [5.41, 5.74) is 0.716. The fourth-order valence-electron chi connectivity index (χ4n) is 3.01. The molecule has 10 heteroatoms. The van der Waals surface area contributed by atoms with E-state index in [1.165, 1.54) is 30.3 Å². The molecule has 0 radical (unpaired) electrons. The molecule has 3 rings (SSSR count). The summed E-state index contributed by atoms with van der Waals surface area (Å²) in [5, 5.41) is 7.83. The normalized spacial score (nSPS) is 11.1. The van der Waals surface area contributed by atoms with Crippen LogP contribution >= 0.6 is 12.2 Å². The molecule has 0 aliphatic rings. The van der Waals surface area contributed by atoms with E-state index in [0.29, 0.717) is 12.3 Å². The lowest BCUT2D eigenvalue weighted by molar-refractivity contribution is -0.137. The van der Waals surface area contributed by atoms with Crippen LogP contribution in [0.1, 0.15) is 28.4 Å². The van der Waals surface area contributed by atoms with Gasteiger partial charge >= 0.3 is 6.18 Å². The van der Waals surface area contributed by atoms with E-state index in [-0.39, 0.29) is 16.4 Å². The number of ether oxygens (including phenoxy) is 1. The van der Waals surface area contributed by atoms with Crippen LogP contribution in [0.25, 0.3) is 6.08 Å². The lowest BCUT2D eigenvalue weighted by atomic mass is 10.1. The molecule has 0 saturated heterocycles. The number of hydrogen-bond donors (Lipinski definition) is 3. The molecule has 0 aliphatic heterocycles. The number of benzene rings is 3. The molecule has 0 atom stereocenters. The third-order valence-electron chi connectivity index (χ3n) is 4.71. The summed E-state index contributed by atoms with van der Waals surface area (Å²) >= 11 is 5.14. The van der Waals surface area contributed by atoms with Crippen LogP contribution in [-0.2, 0) is 11.0 Å². The predicted octanol–water partition coefficient (Wildman–Crippen LogP) is 5.88. The zero-order valence-corrected chi connectivity index (χ0v) is 19.9. The van der Waals surface area contributed by atoms with Crippen molar-refractivity contribution in [2.75, 3.05) is 17.2 Å². The highest BCUT2D eigenvalue weighted by Gasteiger charge is 2.30. The van der Waals surface area contributed by atoms with E-state index >= 15 is 0 Å². The summed E-state index contributed by atoms with van der Waals surface area (Å²) < 4.78 is 43.9. The molecule has 0 spiro atoms. The van der Waals surface area contributed by atoms with Crippen molar-refractivity contribution in [1.82, 2.24) is 5.32 Å². The molecule has 0 aromatic heterocycles. The number of halogens is 3. The van der Waals surface area contributed by atoms with Crippen LogP contribution < -0.4 is 20.7 Å². The Balaban J connectivity index is 1.51. The topological polar surface area (TPSA) is 79.5 Å². The van der Waals surface area contributed by atoms with Crippen LogP contribution in [0, 0.1) is 0 Å². The summed E-state index contributed by atoms with van der Waals surface area (Å²) in [5.74, 6) is -0.265. The zero-order valence-electron chi connectivity index (χ0n) is 19.1. The molecule has 0 heterocycles. The Kier molecular flexibility index (Phi) is 8.80. The third kappa shape index (κ3) is 7.95. The van der Waals surface area contributed by atoms with Crippen molar-refractivity contribution in [3.8, 4) is 5.75 Å². The number of rotatable bonds is 7. The molecule has 3 aromatic rings. The van der Waals surface area contributed by atoms with Crippen molar-refractivity contribution in [2.24, 2.45) is 0 Å². The highest BCUT2D eigenvalue weighted by atomic mass is 32.1. The predicted molar refractivity (Wildman–Crippen MR) is 137 cm³/mol. The maximum atomic E-state index is 12.8. The molecule has 0 bridgehead atoms. The van der Waals surface area contributed by atoms with Crippen molar-refractivity contribution < 1.29 is 27.5 Å². The van der Waals surface area contributed by atoms with Gasteiger partial charge in [0, 0.05) is 23.0 Å². The molecule has 6 nitrogen and oxygen atoms in total. The fraction of sp³-hybridized carbons (Fsp3) is 0.115. The van der Waals surface area contributed by atoms with Gasteiger partial charge in [0.1, 0.15) is 5.75 Å². The molecule has 2 amide bonds. The molecule has 0 unspecified atom stereocenters. The first kappa shape index (κ1) is 26.4. The van der Waals surface area contributed by atoms with Crippen LogP contribution in [0.5, 0.6) is 5.75 Å². The van der Waals surface area contributed by atoms with E-state index in [2.05, 4.69) is 16.0 Å². The average Bonchev–Trinajstić information content (AvgIpc) is 2.84. The Morgan fingerprint density at radius 3 is 2.28 bits per heavy atom. The van der Waals surface area contributed by atoms with Gasteiger partial charge in [0.2, 0.25) is 5.91 Å². The van der Waals surface area contributed by atoms with E-state index in [0.717, 1.165) is 23.4 Å². The SMILES string of the molecule is CCOc1ccc(/C=C/C(=O)NC(=S)Nc2ccc(C(=O)Nc3cccc(C(F)(F)F)c3)cc2)cc1. The highest BCUT2D eigenvalue weighted by Crippen LogP contribution is 2.30. The van der Waals surface area contributed by atoms with Gasteiger partial charge in [-0.3, -0.25) is 14.9 Å². The molecule has 3 N–H and O–H groups in total. The maximum absolute atomic E-state index is 12.8. The number of nitrogens with one attached hydrogen (secondary N) is 3. The van der Waals surface area contributed by atoms with E-state index in [1.807, 2.05) is 19.1 Å². The minimum Gasteiger partial charge on any atom is -0.494 e. The Bertz CT molecular complexity index is 1260. The van der Waals surface area contributed by atoms with Gasteiger partial charge in [0.25, 0.3) is 5.91 Å². The van der Waals surface area contributed by atoms with Crippen LogP contribution in [0.3, 0.4) is 0 Å². The quantitative estimate of drug-likeness (QED) is 0.272. The summed E-state index contributed by atoms with van der Waals surface area (Å²) in [4.78, 5) is 24.5. The van der Waals surface area contributed by atoms with Gasteiger partial charge < -0.3 is 15.4 Å². The zero-order chi connectivity index (χ0) is 26.1. The lowest BCUT2D eigenvalue weighted by Crippen LogP contribution is -2.32. The first-order valence-corrected chi connectivity index (χ1v) is 11.2. The smallest absolute Gasteiger partial charge is 0.416 e. The number of thiocarbonyl (C=S) groups is 1. The molecule has 36 heavy (non-hydrogen) atoms. The molecule has 0 saturated carbocycles. The number of carbonyl (C=O) groups is 2. The Morgan fingerprint density at radius 2 is 1.64 bits per heavy atom. The van der Waals surface area contributed by atoms with Crippen molar-refractivity contribution in [3.05, 3.63) is 95.6 Å². The monoisotopic (exact) mass is 513 g/mol. The second-order valence-corrected chi connectivity index (χ2v) is 7.80. The molecule has 186 valence electrons. The van der Waals surface area contributed by atoms with Gasteiger partial charge in [-0.05, 0) is 85.4 Å². The Hall–Kier alpha value is -4.18. The third-order valence-corrected chi connectivity index (χ3v) is 4.91. The largest absolute Gasteiger partial charge is 0.494 e. The van der Waals surface area contributed by atoms with Crippen LogP contribution in [0.4, 0.5) is 24.5 Å². The number of hydrogen-bond acceptors (Lipinski definition) is 4. The average molecular weight is 514 g/mol.